The highest BCUT2D eigenvalue weighted by atomic mass is 35.5. The van der Waals surface area contributed by atoms with Crippen LogP contribution in [0.5, 0.6) is 0 Å². The van der Waals surface area contributed by atoms with Gasteiger partial charge in [-0.25, -0.2) is 4.99 Å². The first kappa shape index (κ1) is 19.5. The van der Waals surface area contributed by atoms with Crippen LogP contribution >= 0.6 is 11.6 Å². The van der Waals surface area contributed by atoms with Gasteiger partial charge in [-0.1, -0.05) is 48.0 Å². The molecule has 0 fully saturated rings. The molecule has 0 bridgehead atoms. The molecule has 0 saturated carbocycles. The third-order valence-electron chi connectivity index (χ3n) is 4.73. The molecule has 1 aliphatic carbocycles. The zero-order chi connectivity index (χ0) is 18.2. The highest BCUT2D eigenvalue weighted by molar-refractivity contribution is 6.31. The molecule has 0 atom stereocenters. The minimum absolute atomic E-state index is 0.725. The Labute approximate surface area is 157 Å². The van der Waals surface area contributed by atoms with Crippen LogP contribution in [0, 0.1) is 0 Å². The minimum Gasteiger partial charge on any atom is -0.331 e. The van der Waals surface area contributed by atoms with E-state index in [4.69, 9.17) is 16.6 Å². The lowest BCUT2D eigenvalue weighted by Crippen LogP contribution is -2.28. The SMILES string of the molecule is C=CCN(C(=C)CCc1ccccc1Cl)C(C)=NC1=C(C)CCCC1. The van der Waals surface area contributed by atoms with Crippen LogP contribution < -0.4 is 0 Å². The number of halogens is 1. The lowest BCUT2D eigenvalue weighted by Gasteiger charge is -2.26. The van der Waals surface area contributed by atoms with Crippen molar-refractivity contribution in [1.82, 2.24) is 4.90 Å². The summed E-state index contributed by atoms with van der Waals surface area (Å²) in [6.45, 7) is 13.2. The fraction of sp³-hybridized carbons (Fsp3) is 0.409. The van der Waals surface area contributed by atoms with E-state index >= 15 is 0 Å². The average Bonchev–Trinajstić information content (AvgIpc) is 2.60. The topological polar surface area (TPSA) is 15.6 Å². The van der Waals surface area contributed by atoms with Crippen LogP contribution in [0.3, 0.4) is 0 Å². The van der Waals surface area contributed by atoms with Gasteiger partial charge in [0.05, 0.1) is 0 Å². The molecule has 2 nitrogen and oxygen atoms in total. The standard InChI is InChI=1S/C22H29ClN2/c1-5-16-25(19(4)24-22-13-9-6-10-17(22)2)18(3)14-15-20-11-7-8-12-21(20)23/h5,7-8,11-12H,1,3,6,9-10,13-16H2,2,4H3. The van der Waals surface area contributed by atoms with Crippen molar-refractivity contribution in [3.8, 4) is 0 Å². The number of allylic oxidation sites excluding steroid dienone is 3. The van der Waals surface area contributed by atoms with Gasteiger partial charge in [-0.2, -0.15) is 0 Å². The van der Waals surface area contributed by atoms with Crippen molar-refractivity contribution in [2.24, 2.45) is 4.99 Å². The third kappa shape index (κ3) is 5.61. The van der Waals surface area contributed by atoms with Gasteiger partial charge >= 0.3 is 0 Å². The number of aryl methyl sites for hydroxylation is 1. The number of hydrogen-bond donors (Lipinski definition) is 0. The van der Waals surface area contributed by atoms with E-state index in [9.17, 15) is 0 Å². The van der Waals surface area contributed by atoms with Crippen molar-refractivity contribution in [3.63, 3.8) is 0 Å². The molecule has 0 spiro atoms. The Morgan fingerprint density at radius 1 is 1.28 bits per heavy atom. The van der Waals surface area contributed by atoms with E-state index in [1.807, 2.05) is 24.3 Å². The number of amidine groups is 1. The molecule has 25 heavy (non-hydrogen) atoms. The van der Waals surface area contributed by atoms with E-state index in [2.05, 4.69) is 38.0 Å². The summed E-state index contributed by atoms with van der Waals surface area (Å²) in [6.07, 6.45) is 8.40. The van der Waals surface area contributed by atoms with Crippen LogP contribution in [0.15, 0.2) is 65.5 Å². The van der Waals surface area contributed by atoms with Gasteiger partial charge in [0, 0.05) is 23.0 Å². The Morgan fingerprint density at radius 3 is 2.68 bits per heavy atom. The van der Waals surface area contributed by atoms with Gasteiger partial charge in [0.15, 0.2) is 0 Å². The molecular weight excluding hydrogens is 328 g/mol. The largest absolute Gasteiger partial charge is 0.331 e. The molecule has 3 heteroatoms. The van der Waals surface area contributed by atoms with Crippen molar-refractivity contribution in [3.05, 3.63) is 71.1 Å². The third-order valence-corrected chi connectivity index (χ3v) is 5.10. The second-order valence-corrected chi connectivity index (χ2v) is 7.06. The smallest absolute Gasteiger partial charge is 0.106 e. The van der Waals surface area contributed by atoms with Crippen molar-refractivity contribution in [1.29, 1.82) is 0 Å². The molecule has 0 N–H and O–H groups in total. The van der Waals surface area contributed by atoms with E-state index in [1.165, 1.54) is 30.5 Å². The van der Waals surface area contributed by atoms with Crippen LogP contribution in [0.25, 0.3) is 0 Å². The van der Waals surface area contributed by atoms with Crippen molar-refractivity contribution in [2.45, 2.75) is 52.4 Å². The minimum atomic E-state index is 0.725. The van der Waals surface area contributed by atoms with Crippen LogP contribution in [0.2, 0.25) is 5.02 Å². The molecule has 1 aromatic rings. The van der Waals surface area contributed by atoms with Crippen molar-refractivity contribution in [2.75, 3.05) is 6.54 Å². The van der Waals surface area contributed by atoms with E-state index in [0.29, 0.717) is 0 Å². The zero-order valence-corrected chi connectivity index (χ0v) is 16.3. The molecule has 0 heterocycles. The summed E-state index contributed by atoms with van der Waals surface area (Å²) in [5, 5.41) is 0.818. The van der Waals surface area contributed by atoms with E-state index < -0.39 is 0 Å². The fourth-order valence-corrected chi connectivity index (χ4v) is 3.41. The second kappa shape index (κ2) is 9.62. The Hall–Kier alpha value is -1.80. The summed E-state index contributed by atoms with van der Waals surface area (Å²) in [7, 11) is 0. The number of rotatable bonds is 7. The van der Waals surface area contributed by atoms with E-state index in [0.717, 1.165) is 47.9 Å². The van der Waals surface area contributed by atoms with Gasteiger partial charge in [-0.15, -0.1) is 6.58 Å². The molecule has 0 radical (unpaired) electrons. The summed E-state index contributed by atoms with van der Waals surface area (Å²) in [5.74, 6) is 1.00. The summed E-state index contributed by atoms with van der Waals surface area (Å²) in [5.41, 5.74) is 4.88. The lowest BCUT2D eigenvalue weighted by atomic mass is 9.98. The first-order chi connectivity index (χ1) is 12.0. The second-order valence-electron chi connectivity index (χ2n) is 6.65. The number of aliphatic imine (C=N–C) groups is 1. The molecule has 2 rings (SSSR count). The van der Waals surface area contributed by atoms with Crippen LogP contribution in [0.1, 0.15) is 51.5 Å². The highest BCUT2D eigenvalue weighted by Crippen LogP contribution is 2.26. The summed E-state index contributed by atoms with van der Waals surface area (Å²) in [6, 6.07) is 8.00. The molecular formula is C22H29ClN2. The van der Waals surface area contributed by atoms with Gasteiger partial charge in [-0.3, -0.25) is 0 Å². The van der Waals surface area contributed by atoms with Gasteiger partial charge in [0.2, 0.25) is 0 Å². The Kier molecular flexibility index (Phi) is 7.52. The lowest BCUT2D eigenvalue weighted by molar-refractivity contribution is 0.536. The Morgan fingerprint density at radius 2 is 2.00 bits per heavy atom. The van der Waals surface area contributed by atoms with Crippen LogP contribution in [-0.2, 0) is 6.42 Å². The predicted octanol–water partition coefficient (Wildman–Crippen LogP) is 6.54. The molecule has 1 aliphatic rings. The quantitative estimate of drug-likeness (QED) is 0.307. The summed E-state index contributed by atoms with van der Waals surface area (Å²) >= 11 is 6.27. The maximum Gasteiger partial charge on any atom is 0.106 e. The van der Waals surface area contributed by atoms with Crippen molar-refractivity contribution < 1.29 is 0 Å². The molecule has 0 unspecified atom stereocenters. The van der Waals surface area contributed by atoms with Gasteiger partial charge in [0.1, 0.15) is 5.84 Å². The van der Waals surface area contributed by atoms with Gasteiger partial charge < -0.3 is 4.90 Å². The van der Waals surface area contributed by atoms with Crippen LogP contribution in [0.4, 0.5) is 0 Å². The monoisotopic (exact) mass is 356 g/mol. The number of nitrogens with zero attached hydrogens (tertiary/aromatic N) is 2. The van der Waals surface area contributed by atoms with Gasteiger partial charge in [0.25, 0.3) is 0 Å². The molecule has 134 valence electrons. The maximum absolute atomic E-state index is 6.27. The molecule has 0 aliphatic heterocycles. The van der Waals surface area contributed by atoms with Crippen molar-refractivity contribution >= 4 is 17.4 Å². The normalized spacial score (nSPS) is 15.2. The van der Waals surface area contributed by atoms with Crippen LogP contribution in [-0.4, -0.2) is 17.3 Å². The predicted molar refractivity (Wildman–Crippen MR) is 110 cm³/mol. The summed E-state index contributed by atoms with van der Waals surface area (Å²) < 4.78 is 0. The maximum atomic E-state index is 6.27. The average molecular weight is 357 g/mol. The molecule has 0 amide bonds. The fourth-order valence-electron chi connectivity index (χ4n) is 3.18. The Balaban J connectivity index is 2.09. The highest BCUT2D eigenvalue weighted by Gasteiger charge is 2.13. The molecule has 0 aromatic heterocycles. The first-order valence-electron chi connectivity index (χ1n) is 9.06. The molecule has 0 saturated heterocycles. The molecule has 1 aromatic carbocycles. The zero-order valence-electron chi connectivity index (χ0n) is 15.5. The first-order valence-corrected chi connectivity index (χ1v) is 9.44. The van der Waals surface area contributed by atoms with E-state index in [1.54, 1.807) is 0 Å². The Bertz CT molecular complexity index is 685. The van der Waals surface area contributed by atoms with E-state index in [-0.39, 0.29) is 0 Å². The summed E-state index contributed by atoms with van der Waals surface area (Å²) in [4.78, 5) is 7.08. The number of hydrogen-bond acceptors (Lipinski definition) is 1. The number of benzene rings is 1. The van der Waals surface area contributed by atoms with Gasteiger partial charge in [-0.05, 0) is 64.0 Å².